The molecule has 0 atom stereocenters. The van der Waals surface area contributed by atoms with Gasteiger partial charge in [0, 0.05) is 41.4 Å². The molecule has 3 aromatic rings. The van der Waals surface area contributed by atoms with E-state index in [0.717, 1.165) is 5.56 Å². The summed E-state index contributed by atoms with van der Waals surface area (Å²) in [5.41, 5.74) is 1.94. The fourth-order valence-corrected chi connectivity index (χ4v) is 3.48. The van der Waals surface area contributed by atoms with Gasteiger partial charge in [-0.05, 0) is 22.7 Å². The summed E-state index contributed by atoms with van der Waals surface area (Å²) in [5, 5.41) is 4.40. The van der Waals surface area contributed by atoms with Crippen LogP contribution in [0, 0.1) is 17.5 Å². The van der Waals surface area contributed by atoms with E-state index in [-0.39, 0.29) is 17.0 Å². The Labute approximate surface area is 138 Å². The van der Waals surface area contributed by atoms with Crippen LogP contribution in [0.5, 0.6) is 0 Å². The van der Waals surface area contributed by atoms with E-state index in [4.69, 9.17) is 0 Å². The first kappa shape index (κ1) is 14.9. The Morgan fingerprint density at radius 3 is 2.46 bits per heavy atom. The smallest absolute Gasteiger partial charge is 0.252 e. The van der Waals surface area contributed by atoms with Crippen molar-refractivity contribution < 1.29 is 18.0 Å². The van der Waals surface area contributed by atoms with E-state index in [1.807, 2.05) is 0 Å². The third kappa shape index (κ3) is 2.20. The van der Waals surface area contributed by atoms with E-state index < -0.39 is 17.5 Å². The highest BCUT2D eigenvalue weighted by atomic mass is 32.1. The van der Waals surface area contributed by atoms with Crippen molar-refractivity contribution in [1.29, 1.82) is 0 Å². The minimum atomic E-state index is -1.02. The number of amides is 1. The topological polar surface area (TPSA) is 42.0 Å². The van der Waals surface area contributed by atoms with Crippen LogP contribution >= 0.6 is 11.5 Å². The molecule has 0 unspecified atom stereocenters. The Bertz CT molecular complexity index is 947. The molecular weight excluding hydrogens is 337 g/mol. The van der Waals surface area contributed by atoms with Crippen molar-refractivity contribution in [1.82, 2.24) is 9.69 Å². The van der Waals surface area contributed by atoms with Crippen LogP contribution in [0.4, 0.5) is 13.2 Å². The maximum atomic E-state index is 14.3. The second-order valence-corrected chi connectivity index (χ2v) is 6.02. The molecule has 7 heteroatoms. The van der Waals surface area contributed by atoms with Gasteiger partial charge in [0.05, 0.1) is 11.1 Å². The van der Waals surface area contributed by atoms with Crippen LogP contribution in [-0.2, 0) is 6.54 Å². The molecule has 4 rings (SSSR count). The monoisotopic (exact) mass is 346 g/mol. The average molecular weight is 346 g/mol. The molecular formula is C17H9F3N2OS. The Morgan fingerprint density at radius 2 is 1.79 bits per heavy atom. The Balaban J connectivity index is 2.08. The molecule has 1 aliphatic heterocycles. The number of carbonyl (C=O) groups is 1. The highest BCUT2D eigenvalue weighted by Gasteiger charge is 2.28. The van der Waals surface area contributed by atoms with Crippen molar-refractivity contribution in [3.63, 3.8) is 0 Å². The van der Waals surface area contributed by atoms with Crippen LogP contribution in [0.1, 0.15) is 15.9 Å². The molecule has 0 aliphatic carbocycles. The number of hydrogen-bond acceptors (Lipinski definition) is 3. The third-order valence-corrected chi connectivity index (χ3v) is 4.54. The second-order valence-electron chi connectivity index (χ2n) is 5.36. The minimum absolute atomic E-state index is 0.195. The van der Waals surface area contributed by atoms with Crippen LogP contribution in [0.3, 0.4) is 0 Å². The summed E-state index contributed by atoms with van der Waals surface area (Å²) in [6.45, 7) is 0.355. The molecule has 3 nitrogen and oxygen atoms in total. The van der Waals surface area contributed by atoms with Gasteiger partial charge in [-0.3, -0.25) is 4.79 Å². The van der Waals surface area contributed by atoms with Crippen molar-refractivity contribution in [3.05, 3.63) is 64.4 Å². The standard InChI is InChI=1S/C17H9F3N2OS/c18-10-3-12(19)16(13(20)4-10)11-2-1-8-5-21-17(23)15(8)14(11)9-6-22-24-7-9/h1-4,6-7H,5H2,(H,21,23). The number of nitrogens with zero attached hydrogens (tertiary/aromatic N) is 1. The number of aromatic nitrogens is 1. The van der Waals surface area contributed by atoms with Gasteiger partial charge in [0.1, 0.15) is 17.5 Å². The Kier molecular flexibility index (Phi) is 3.38. The maximum absolute atomic E-state index is 14.3. The van der Waals surface area contributed by atoms with Gasteiger partial charge < -0.3 is 5.32 Å². The van der Waals surface area contributed by atoms with Crippen LogP contribution < -0.4 is 5.32 Å². The molecule has 1 N–H and O–H groups in total. The quantitative estimate of drug-likeness (QED) is 0.758. The molecule has 1 aromatic heterocycles. The summed E-state index contributed by atoms with van der Waals surface area (Å²) >= 11 is 1.17. The number of hydrogen-bond donors (Lipinski definition) is 1. The zero-order valence-electron chi connectivity index (χ0n) is 12.1. The number of halogens is 3. The van der Waals surface area contributed by atoms with Gasteiger partial charge in [0.15, 0.2) is 0 Å². The first-order chi connectivity index (χ1) is 11.6. The molecule has 0 radical (unpaired) electrons. The molecule has 0 fully saturated rings. The predicted molar refractivity (Wildman–Crippen MR) is 84.0 cm³/mol. The second kappa shape index (κ2) is 5.45. The average Bonchev–Trinajstić information content (AvgIpc) is 3.17. The van der Waals surface area contributed by atoms with E-state index in [1.165, 1.54) is 17.7 Å². The molecule has 24 heavy (non-hydrogen) atoms. The summed E-state index contributed by atoms with van der Waals surface area (Å²) in [5.74, 6) is -3.34. The fourth-order valence-electron chi connectivity index (χ4n) is 2.95. The number of nitrogens with one attached hydrogen (secondary N) is 1. The predicted octanol–water partition coefficient (Wildman–Crippen LogP) is 4.14. The van der Waals surface area contributed by atoms with Crippen molar-refractivity contribution >= 4 is 17.4 Å². The largest absolute Gasteiger partial charge is 0.348 e. The molecule has 0 saturated heterocycles. The molecule has 1 aliphatic rings. The van der Waals surface area contributed by atoms with Crippen LogP contribution in [0.25, 0.3) is 22.3 Å². The summed E-state index contributed by atoms with van der Waals surface area (Å²) in [6, 6.07) is 4.45. The van der Waals surface area contributed by atoms with Gasteiger partial charge in [-0.2, -0.15) is 0 Å². The van der Waals surface area contributed by atoms with Gasteiger partial charge in [-0.1, -0.05) is 12.1 Å². The zero-order chi connectivity index (χ0) is 16.8. The minimum Gasteiger partial charge on any atom is -0.348 e. The van der Waals surface area contributed by atoms with Crippen molar-refractivity contribution in [3.8, 4) is 22.3 Å². The summed E-state index contributed by atoms with van der Waals surface area (Å²) in [4.78, 5) is 12.2. The summed E-state index contributed by atoms with van der Waals surface area (Å²) in [6.07, 6.45) is 1.54. The van der Waals surface area contributed by atoms with E-state index in [9.17, 15) is 18.0 Å². The SMILES string of the molecule is O=C1NCc2ccc(-c3c(F)cc(F)cc3F)c(-c3cnsc3)c21. The normalized spacial score (nSPS) is 13.0. The van der Waals surface area contributed by atoms with Gasteiger partial charge >= 0.3 is 0 Å². The lowest BCUT2D eigenvalue weighted by Gasteiger charge is -2.14. The summed E-state index contributed by atoms with van der Waals surface area (Å²) in [7, 11) is 0. The molecule has 2 aromatic carbocycles. The van der Waals surface area contributed by atoms with Crippen molar-refractivity contribution in [2.75, 3.05) is 0 Å². The molecule has 120 valence electrons. The van der Waals surface area contributed by atoms with Crippen LogP contribution in [-0.4, -0.2) is 10.3 Å². The number of fused-ring (bicyclic) bond motifs is 1. The third-order valence-electron chi connectivity index (χ3n) is 3.96. The Hall–Kier alpha value is -2.67. The van der Waals surface area contributed by atoms with E-state index >= 15 is 0 Å². The molecule has 0 bridgehead atoms. The lowest BCUT2D eigenvalue weighted by atomic mass is 9.89. The highest BCUT2D eigenvalue weighted by molar-refractivity contribution is 7.03. The number of rotatable bonds is 2. The highest BCUT2D eigenvalue weighted by Crippen LogP contribution is 2.40. The molecule has 0 spiro atoms. The summed E-state index contributed by atoms with van der Waals surface area (Å²) < 4.78 is 45.8. The Morgan fingerprint density at radius 1 is 1.04 bits per heavy atom. The van der Waals surface area contributed by atoms with Crippen LogP contribution in [0.2, 0.25) is 0 Å². The fraction of sp³-hybridized carbons (Fsp3) is 0.0588. The van der Waals surface area contributed by atoms with Gasteiger partial charge in [-0.25, -0.2) is 17.5 Å². The zero-order valence-corrected chi connectivity index (χ0v) is 12.9. The van der Waals surface area contributed by atoms with E-state index in [1.54, 1.807) is 17.5 Å². The first-order valence-corrected chi connectivity index (χ1v) is 7.88. The van der Waals surface area contributed by atoms with E-state index in [2.05, 4.69) is 9.69 Å². The van der Waals surface area contributed by atoms with Crippen molar-refractivity contribution in [2.45, 2.75) is 6.54 Å². The van der Waals surface area contributed by atoms with Crippen molar-refractivity contribution in [2.24, 2.45) is 0 Å². The first-order valence-electron chi connectivity index (χ1n) is 7.05. The number of carbonyl (C=O) groups excluding carboxylic acids is 1. The van der Waals surface area contributed by atoms with Gasteiger partial charge in [0.25, 0.3) is 5.91 Å². The maximum Gasteiger partial charge on any atom is 0.252 e. The lowest BCUT2D eigenvalue weighted by Crippen LogP contribution is -2.13. The molecule has 2 heterocycles. The molecule has 1 amide bonds. The molecule has 0 saturated carbocycles. The number of benzene rings is 2. The van der Waals surface area contributed by atoms with E-state index in [0.29, 0.717) is 35.4 Å². The van der Waals surface area contributed by atoms with Gasteiger partial charge in [-0.15, -0.1) is 0 Å². The van der Waals surface area contributed by atoms with Crippen LogP contribution in [0.15, 0.2) is 35.8 Å². The van der Waals surface area contributed by atoms with Gasteiger partial charge in [0.2, 0.25) is 0 Å². The lowest BCUT2D eigenvalue weighted by molar-refractivity contribution is 0.0966.